The molecular weight excluding hydrogens is 396 g/mol. The van der Waals surface area contributed by atoms with Crippen molar-refractivity contribution in [3.05, 3.63) is 95.1 Å². The predicted octanol–water partition coefficient (Wildman–Crippen LogP) is 4.52. The number of aliphatic hydroxyl groups is 1. The van der Waals surface area contributed by atoms with Crippen LogP contribution in [0.25, 0.3) is 5.76 Å². The molecule has 0 spiro atoms. The first-order valence-electron chi connectivity index (χ1n) is 9.66. The average molecular weight is 416 g/mol. The lowest BCUT2D eigenvalue weighted by Crippen LogP contribution is -2.21. The Morgan fingerprint density at radius 3 is 1.94 bits per heavy atom. The number of allylic oxidation sites excluding steroid dienone is 1. The van der Waals surface area contributed by atoms with E-state index < -0.39 is 11.6 Å². The summed E-state index contributed by atoms with van der Waals surface area (Å²) in [5, 5.41) is 10.5. The zero-order chi connectivity index (χ0) is 21.8. The van der Waals surface area contributed by atoms with Crippen molar-refractivity contribution in [2.45, 2.75) is 13.2 Å². The number of rotatable bonds is 7. The highest BCUT2D eigenvalue weighted by atomic mass is 16.5. The first-order chi connectivity index (χ1) is 15.1. The van der Waals surface area contributed by atoms with Crippen molar-refractivity contribution in [1.29, 1.82) is 0 Å². The molecule has 3 aromatic rings. The van der Waals surface area contributed by atoms with Gasteiger partial charge in [-0.05, 0) is 11.1 Å². The number of benzene rings is 3. The summed E-state index contributed by atoms with van der Waals surface area (Å²) < 4.78 is 17.3. The number of ketones is 2. The third-order valence-electron chi connectivity index (χ3n) is 4.87. The summed E-state index contributed by atoms with van der Waals surface area (Å²) in [6.07, 6.45) is 0.896. The molecule has 0 bridgehead atoms. The number of aliphatic hydroxyl groups excluding tert-OH is 1. The summed E-state index contributed by atoms with van der Waals surface area (Å²) in [7, 11) is 1.43. The van der Waals surface area contributed by atoms with E-state index in [1.807, 2.05) is 60.7 Å². The number of ether oxygens (including phenoxy) is 3. The van der Waals surface area contributed by atoms with Gasteiger partial charge >= 0.3 is 0 Å². The van der Waals surface area contributed by atoms with Gasteiger partial charge in [0.1, 0.15) is 24.7 Å². The van der Waals surface area contributed by atoms with Crippen molar-refractivity contribution in [3.63, 3.8) is 0 Å². The Balaban J connectivity index is 1.77. The van der Waals surface area contributed by atoms with Crippen LogP contribution >= 0.6 is 0 Å². The largest absolute Gasteiger partial charge is 0.507 e. The topological polar surface area (TPSA) is 82.1 Å². The van der Waals surface area contributed by atoms with Crippen LogP contribution in [0.3, 0.4) is 0 Å². The molecule has 0 saturated carbocycles. The van der Waals surface area contributed by atoms with E-state index in [2.05, 4.69) is 0 Å². The number of fused-ring (bicyclic) bond motifs is 1. The minimum atomic E-state index is -0.836. The zero-order valence-corrected chi connectivity index (χ0v) is 16.8. The second kappa shape index (κ2) is 8.75. The Kier molecular flexibility index (Phi) is 5.71. The molecular formula is C25H20O6. The van der Waals surface area contributed by atoms with E-state index >= 15 is 0 Å². The van der Waals surface area contributed by atoms with Gasteiger partial charge in [-0.1, -0.05) is 60.7 Å². The first-order valence-corrected chi connectivity index (χ1v) is 9.66. The minimum absolute atomic E-state index is 0.0663. The predicted molar refractivity (Wildman–Crippen MR) is 114 cm³/mol. The van der Waals surface area contributed by atoms with Crippen molar-refractivity contribution < 1.29 is 28.9 Å². The molecule has 6 heteroatoms. The van der Waals surface area contributed by atoms with Crippen molar-refractivity contribution in [2.75, 3.05) is 7.11 Å². The van der Waals surface area contributed by atoms with Gasteiger partial charge in [-0.2, -0.15) is 0 Å². The SMILES string of the molecule is COc1cc(OCc2ccccc2)c2c(c1OCc1ccccc1)C(=O)C(=O)C=C2O. The molecule has 0 saturated heterocycles. The van der Waals surface area contributed by atoms with Crippen molar-refractivity contribution in [1.82, 2.24) is 0 Å². The normalized spacial score (nSPS) is 12.7. The highest BCUT2D eigenvalue weighted by Crippen LogP contribution is 2.44. The van der Waals surface area contributed by atoms with Gasteiger partial charge in [-0.3, -0.25) is 9.59 Å². The Labute approximate surface area is 179 Å². The van der Waals surface area contributed by atoms with Crippen molar-refractivity contribution in [3.8, 4) is 17.2 Å². The third kappa shape index (κ3) is 4.14. The maximum Gasteiger partial charge on any atom is 0.237 e. The number of Topliss-reactive ketones (excluding diaryl/α,β-unsaturated/α-hetero) is 1. The van der Waals surface area contributed by atoms with Crippen LogP contribution in [0.5, 0.6) is 17.2 Å². The number of carbonyl (C=O) groups is 2. The number of methoxy groups -OCH3 is 1. The molecule has 156 valence electrons. The Morgan fingerprint density at radius 1 is 0.774 bits per heavy atom. The van der Waals surface area contributed by atoms with E-state index in [0.717, 1.165) is 17.2 Å². The fourth-order valence-electron chi connectivity index (χ4n) is 3.35. The number of carbonyl (C=O) groups excluding carboxylic acids is 2. The Bertz CT molecular complexity index is 1150. The highest BCUT2D eigenvalue weighted by Gasteiger charge is 2.35. The standard InChI is InChI=1S/C25H20O6/c1-29-21-13-20(30-14-16-8-4-2-5-9-16)22-18(26)12-19(27)24(28)23(22)25(21)31-15-17-10-6-3-7-11-17/h2-13,26H,14-15H2,1H3. The van der Waals surface area contributed by atoms with Gasteiger partial charge in [-0.15, -0.1) is 0 Å². The molecule has 0 atom stereocenters. The van der Waals surface area contributed by atoms with Crippen LogP contribution in [0.4, 0.5) is 0 Å². The molecule has 1 aliphatic rings. The summed E-state index contributed by atoms with van der Waals surface area (Å²) in [5.41, 5.74) is 1.83. The summed E-state index contributed by atoms with van der Waals surface area (Å²) in [6.45, 7) is 0.357. The lowest BCUT2D eigenvalue weighted by Gasteiger charge is -2.22. The molecule has 31 heavy (non-hydrogen) atoms. The third-order valence-corrected chi connectivity index (χ3v) is 4.87. The van der Waals surface area contributed by atoms with Gasteiger partial charge in [0.05, 0.1) is 18.2 Å². The van der Waals surface area contributed by atoms with E-state index in [1.165, 1.54) is 7.11 Å². The van der Waals surface area contributed by atoms with E-state index in [1.54, 1.807) is 6.07 Å². The van der Waals surface area contributed by atoms with Crippen LogP contribution in [0, 0.1) is 0 Å². The van der Waals surface area contributed by atoms with Gasteiger partial charge in [-0.25, -0.2) is 0 Å². The van der Waals surface area contributed by atoms with Crippen LogP contribution in [0.15, 0.2) is 72.8 Å². The van der Waals surface area contributed by atoms with Crippen LogP contribution in [-0.2, 0) is 18.0 Å². The Hall–Kier alpha value is -4.06. The van der Waals surface area contributed by atoms with Gasteiger partial charge in [0.25, 0.3) is 0 Å². The molecule has 3 aromatic carbocycles. The summed E-state index contributed by atoms with van der Waals surface area (Å²) in [4.78, 5) is 25.0. The number of hydrogen-bond acceptors (Lipinski definition) is 6. The highest BCUT2D eigenvalue weighted by molar-refractivity contribution is 6.51. The Morgan fingerprint density at radius 2 is 1.35 bits per heavy atom. The van der Waals surface area contributed by atoms with Gasteiger partial charge in [0, 0.05) is 12.1 Å². The first kappa shape index (κ1) is 20.2. The van der Waals surface area contributed by atoms with E-state index in [9.17, 15) is 14.7 Å². The monoisotopic (exact) mass is 416 g/mol. The van der Waals surface area contributed by atoms with Crippen LogP contribution in [0.1, 0.15) is 27.0 Å². The molecule has 1 N–H and O–H groups in total. The summed E-state index contributed by atoms with van der Waals surface area (Å²) in [5.74, 6) is -1.44. The summed E-state index contributed by atoms with van der Waals surface area (Å²) >= 11 is 0. The minimum Gasteiger partial charge on any atom is -0.507 e. The van der Waals surface area contributed by atoms with Gasteiger partial charge in [0.15, 0.2) is 11.5 Å². The second-order valence-corrected chi connectivity index (χ2v) is 6.93. The average Bonchev–Trinajstić information content (AvgIpc) is 2.80. The lowest BCUT2D eigenvalue weighted by atomic mass is 9.91. The number of hydrogen-bond donors (Lipinski definition) is 1. The molecule has 0 unspecified atom stereocenters. The van der Waals surface area contributed by atoms with Crippen LogP contribution in [0.2, 0.25) is 0 Å². The maximum atomic E-state index is 12.8. The van der Waals surface area contributed by atoms with E-state index in [0.29, 0.717) is 0 Å². The van der Waals surface area contributed by atoms with Gasteiger partial charge < -0.3 is 19.3 Å². The van der Waals surface area contributed by atoms with Crippen molar-refractivity contribution >= 4 is 17.3 Å². The quantitative estimate of drug-likeness (QED) is 0.571. The molecule has 0 radical (unpaired) electrons. The zero-order valence-electron chi connectivity index (χ0n) is 16.8. The molecule has 1 aliphatic carbocycles. The smallest absolute Gasteiger partial charge is 0.237 e. The molecule has 0 aromatic heterocycles. The van der Waals surface area contributed by atoms with Crippen LogP contribution < -0.4 is 14.2 Å². The van der Waals surface area contributed by atoms with Crippen LogP contribution in [-0.4, -0.2) is 23.8 Å². The molecule has 4 rings (SSSR count). The lowest BCUT2D eigenvalue weighted by molar-refractivity contribution is -0.111. The van der Waals surface area contributed by atoms with Crippen molar-refractivity contribution in [2.24, 2.45) is 0 Å². The molecule has 0 heterocycles. The molecule has 0 aliphatic heterocycles. The molecule has 6 nitrogen and oxygen atoms in total. The second-order valence-electron chi connectivity index (χ2n) is 6.93. The summed E-state index contributed by atoms with van der Waals surface area (Å²) in [6, 6.07) is 20.4. The maximum absolute atomic E-state index is 12.8. The fourth-order valence-corrected chi connectivity index (χ4v) is 3.35. The van der Waals surface area contributed by atoms with E-state index in [4.69, 9.17) is 14.2 Å². The molecule has 0 amide bonds. The van der Waals surface area contributed by atoms with Gasteiger partial charge in [0.2, 0.25) is 11.6 Å². The van der Waals surface area contributed by atoms with E-state index in [-0.39, 0.29) is 47.3 Å². The molecule has 0 fully saturated rings. The fraction of sp³-hybridized carbons (Fsp3) is 0.120.